The molecule has 5 nitrogen and oxygen atoms in total. The van der Waals surface area contributed by atoms with Crippen LogP contribution in [-0.2, 0) is 6.54 Å². The second kappa shape index (κ2) is 4.11. The van der Waals surface area contributed by atoms with Crippen molar-refractivity contribution >= 4 is 27.8 Å². The lowest BCUT2D eigenvalue weighted by Crippen LogP contribution is -2.15. The van der Waals surface area contributed by atoms with E-state index >= 15 is 0 Å². The van der Waals surface area contributed by atoms with Crippen molar-refractivity contribution in [2.75, 3.05) is 12.4 Å². The Balaban J connectivity index is 2.25. The van der Waals surface area contributed by atoms with Gasteiger partial charge in [-0.1, -0.05) is 22.7 Å². The van der Waals surface area contributed by atoms with Crippen molar-refractivity contribution < 1.29 is 0 Å². The summed E-state index contributed by atoms with van der Waals surface area (Å²) >= 11 is 2.67. The van der Waals surface area contributed by atoms with Crippen LogP contribution in [0.5, 0.6) is 0 Å². The van der Waals surface area contributed by atoms with E-state index in [0.29, 0.717) is 6.54 Å². The van der Waals surface area contributed by atoms with E-state index in [1.807, 2.05) is 12.3 Å². The van der Waals surface area contributed by atoms with Gasteiger partial charge in [-0.25, -0.2) is 0 Å². The van der Waals surface area contributed by atoms with Crippen molar-refractivity contribution in [3.8, 4) is 0 Å². The van der Waals surface area contributed by atoms with Crippen molar-refractivity contribution in [1.29, 1.82) is 0 Å². The summed E-state index contributed by atoms with van der Waals surface area (Å²) in [4.78, 5) is 11.5. The molecule has 0 aliphatic rings. The van der Waals surface area contributed by atoms with E-state index in [0.717, 1.165) is 15.8 Å². The Bertz CT molecular complexity index is 513. The number of rotatable bonds is 3. The lowest BCUT2D eigenvalue weighted by Gasteiger charge is -1.98. The molecule has 0 bridgehead atoms. The largest absolute Gasteiger partial charge is 0.363 e. The molecule has 15 heavy (non-hydrogen) atoms. The molecule has 0 saturated heterocycles. The minimum absolute atomic E-state index is 0.0497. The van der Waals surface area contributed by atoms with Gasteiger partial charge in [-0.15, -0.1) is 10.2 Å². The third-order valence-electron chi connectivity index (χ3n) is 1.95. The first-order valence-electron chi connectivity index (χ1n) is 4.36. The van der Waals surface area contributed by atoms with Crippen LogP contribution in [-0.4, -0.2) is 21.8 Å². The Hall–Kier alpha value is -1.21. The third-order valence-corrected chi connectivity index (χ3v) is 3.76. The minimum Gasteiger partial charge on any atom is -0.363 e. The molecule has 80 valence electrons. The maximum atomic E-state index is 11.4. The number of aromatic nitrogens is 3. The fraction of sp³-hybridized carbons (Fsp3) is 0.375. The van der Waals surface area contributed by atoms with Crippen molar-refractivity contribution in [2.24, 2.45) is 0 Å². The fourth-order valence-electron chi connectivity index (χ4n) is 1.15. The summed E-state index contributed by atoms with van der Waals surface area (Å²) in [7, 11) is 1.80. The quantitative estimate of drug-likeness (QED) is 0.877. The number of nitrogens with one attached hydrogen (secondary N) is 1. The Morgan fingerprint density at radius 3 is 2.87 bits per heavy atom. The van der Waals surface area contributed by atoms with Gasteiger partial charge in [0.25, 0.3) is 0 Å². The van der Waals surface area contributed by atoms with Gasteiger partial charge in [-0.05, 0) is 6.92 Å². The van der Waals surface area contributed by atoms with Gasteiger partial charge in [0, 0.05) is 18.1 Å². The van der Waals surface area contributed by atoms with Gasteiger partial charge in [-0.2, -0.15) is 0 Å². The molecular formula is C8H10N4OS2. The van der Waals surface area contributed by atoms with E-state index in [9.17, 15) is 4.79 Å². The molecule has 0 radical (unpaired) electrons. The Kier molecular flexibility index (Phi) is 2.83. The zero-order chi connectivity index (χ0) is 10.8. The molecule has 0 amide bonds. The standard InChI is InChI=1S/C8H10N4OS2/c1-5-4-14-8(13)12(5)3-6-10-11-7(9-2)15-6/h4H,3H2,1-2H3,(H,9,11). The SMILES string of the molecule is CNc1nnc(Cn2c(C)csc2=O)s1. The second-order valence-electron chi connectivity index (χ2n) is 2.98. The first-order chi connectivity index (χ1) is 7.20. The van der Waals surface area contributed by atoms with Gasteiger partial charge in [0.05, 0.1) is 6.54 Å². The number of anilines is 1. The van der Waals surface area contributed by atoms with Gasteiger partial charge < -0.3 is 5.32 Å². The van der Waals surface area contributed by atoms with Gasteiger partial charge in [-0.3, -0.25) is 9.36 Å². The van der Waals surface area contributed by atoms with E-state index < -0.39 is 0 Å². The zero-order valence-electron chi connectivity index (χ0n) is 8.35. The average Bonchev–Trinajstić information content (AvgIpc) is 2.80. The van der Waals surface area contributed by atoms with Crippen molar-refractivity contribution in [1.82, 2.24) is 14.8 Å². The maximum absolute atomic E-state index is 11.4. The monoisotopic (exact) mass is 242 g/mol. The molecule has 2 heterocycles. The smallest absolute Gasteiger partial charge is 0.307 e. The van der Waals surface area contributed by atoms with Crippen LogP contribution in [0.3, 0.4) is 0 Å². The number of hydrogen-bond donors (Lipinski definition) is 1. The topological polar surface area (TPSA) is 59.8 Å². The van der Waals surface area contributed by atoms with Crippen LogP contribution < -0.4 is 10.2 Å². The number of nitrogens with zero attached hydrogens (tertiary/aromatic N) is 3. The molecule has 0 aliphatic carbocycles. The summed E-state index contributed by atoms with van der Waals surface area (Å²) in [5.41, 5.74) is 0.964. The highest BCUT2D eigenvalue weighted by molar-refractivity contribution is 7.15. The highest BCUT2D eigenvalue weighted by Gasteiger charge is 2.07. The summed E-state index contributed by atoms with van der Waals surface area (Å²) in [6, 6.07) is 0. The molecule has 0 unspecified atom stereocenters. The maximum Gasteiger partial charge on any atom is 0.307 e. The Morgan fingerprint density at radius 2 is 2.33 bits per heavy atom. The molecule has 0 saturated carbocycles. The van der Waals surface area contributed by atoms with E-state index in [1.54, 1.807) is 11.6 Å². The normalized spacial score (nSPS) is 10.5. The van der Waals surface area contributed by atoms with E-state index in [2.05, 4.69) is 15.5 Å². The lowest BCUT2D eigenvalue weighted by molar-refractivity contribution is 0.740. The highest BCUT2D eigenvalue weighted by atomic mass is 32.1. The van der Waals surface area contributed by atoms with Crippen LogP contribution in [0, 0.1) is 6.92 Å². The van der Waals surface area contributed by atoms with Gasteiger partial charge in [0.2, 0.25) is 5.13 Å². The number of hydrogen-bond acceptors (Lipinski definition) is 6. The first-order valence-corrected chi connectivity index (χ1v) is 6.05. The summed E-state index contributed by atoms with van der Waals surface area (Å²) in [6.07, 6.45) is 0. The van der Waals surface area contributed by atoms with Crippen LogP contribution >= 0.6 is 22.7 Å². The van der Waals surface area contributed by atoms with Crippen LogP contribution in [0.15, 0.2) is 10.2 Å². The average molecular weight is 242 g/mol. The lowest BCUT2D eigenvalue weighted by atomic mass is 10.5. The van der Waals surface area contributed by atoms with Crippen LogP contribution in [0.4, 0.5) is 5.13 Å². The summed E-state index contributed by atoms with van der Waals surface area (Å²) in [5.74, 6) is 0. The third kappa shape index (κ3) is 2.07. The summed E-state index contributed by atoms with van der Waals surface area (Å²) in [6.45, 7) is 2.42. The molecule has 0 atom stereocenters. The summed E-state index contributed by atoms with van der Waals surface area (Å²) in [5, 5.41) is 14.3. The van der Waals surface area contributed by atoms with Crippen molar-refractivity contribution in [2.45, 2.75) is 13.5 Å². The van der Waals surface area contributed by atoms with E-state index in [1.165, 1.54) is 22.7 Å². The minimum atomic E-state index is 0.0497. The Morgan fingerprint density at radius 1 is 1.53 bits per heavy atom. The molecular weight excluding hydrogens is 232 g/mol. The molecule has 0 spiro atoms. The number of aryl methyl sites for hydroxylation is 1. The predicted molar refractivity (Wildman–Crippen MR) is 61.9 cm³/mol. The highest BCUT2D eigenvalue weighted by Crippen LogP contribution is 2.15. The van der Waals surface area contributed by atoms with E-state index in [-0.39, 0.29) is 4.87 Å². The van der Waals surface area contributed by atoms with Crippen LogP contribution in [0.1, 0.15) is 10.7 Å². The Labute approximate surface area is 94.4 Å². The van der Waals surface area contributed by atoms with Gasteiger partial charge >= 0.3 is 4.87 Å². The van der Waals surface area contributed by atoms with Crippen LogP contribution in [0.25, 0.3) is 0 Å². The first kappa shape index (κ1) is 10.3. The van der Waals surface area contributed by atoms with Gasteiger partial charge in [0.1, 0.15) is 5.01 Å². The molecule has 2 rings (SSSR count). The molecule has 2 aromatic rings. The summed E-state index contributed by atoms with van der Waals surface area (Å²) < 4.78 is 1.70. The zero-order valence-corrected chi connectivity index (χ0v) is 9.98. The van der Waals surface area contributed by atoms with Crippen molar-refractivity contribution in [3.05, 3.63) is 25.7 Å². The molecule has 2 aromatic heterocycles. The number of thiazole rings is 1. The molecule has 0 aliphatic heterocycles. The van der Waals surface area contributed by atoms with E-state index in [4.69, 9.17) is 0 Å². The molecule has 0 fully saturated rings. The molecule has 0 aromatic carbocycles. The fourth-order valence-corrected chi connectivity index (χ4v) is 2.57. The molecule has 7 heteroatoms. The second-order valence-corrected chi connectivity index (χ2v) is 4.86. The molecule has 1 N–H and O–H groups in total. The predicted octanol–water partition coefficient (Wildman–Crippen LogP) is 1.16. The van der Waals surface area contributed by atoms with Gasteiger partial charge in [0.15, 0.2) is 0 Å². The van der Waals surface area contributed by atoms with Crippen molar-refractivity contribution in [3.63, 3.8) is 0 Å². The van der Waals surface area contributed by atoms with Crippen LogP contribution in [0.2, 0.25) is 0 Å².